The molecule has 2 nitrogen and oxygen atoms in total. The Morgan fingerprint density at radius 3 is 2.50 bits per heavy atom. The number of hydrogen-bond donors (Lipinski definition) is 1. The van der Waals surface area contributed by atoms with Gasteiger partial charge in [-0.25, -0.2) is 0 Å². The highest BCUT2D eigenvalue weighted by Gasteiger charge is 2.21. The molecule has 2 atom stereocenters. The van der Waals surface area contributed by atoms with Crippen LogP contribution in [0.1, 0.15) is 64.7 Å². The van der Waals surface area contributed by atoms with Gasteiger partial charge < -0.3 is 10.2 Å². The van der Waals surface area contributed by atoms with E-state index in [1.165, 1.54) is 70.9 Å². The third-order valence-electron chi connectivity index (χ3n) is 5.22. The van der Waals surface area contributed by atoms with Gasteiger partial charge in [-0.3, -0.25) is 0 Å². The van der Waals surface area contributed by atoms with Crippen LogP contribution in [0.4, 0.5) is 0 Å². The predicted molar refractivity (Wildman–Crippen MR) is 78.9 cm³/mol. The summed E-state index contributed by atoms with van der Waals surface area (Å²) in [5.74, 6) is 0.947. The molecule has 1 aliphatic carbocycles. The fourth-order valence-electron chi connectivity index (χ4n) is 3.79. The molecular weight excluding hydrogens is 220 g/mol. The molecule has 0 aromatic heterocycles. The van der Waals surface area contributed by atoms with Gasteiger partial charge in [-0.1, -0.05) is 25.7 Å². The molecule has 1 N–H and O–H groups in total. The van der Waals surface area contributed by atoms with Crippen molar-refractivity contribution in [1.29, 1.82) is 0 Å². The first-order valence-corrected chi connectivity index (χ1v) is 8.21. The molecule has 0 aromatic rings. The van der Waals surface area contributed by atoms with E-state index in [-0.39, 0.29) is 0 Å². The minimum absolute atomic E-state index is 0.735. The van der Waals surface area contributed by atoms with Gasteiger partial charge >= 0.3 is 0 Å². The maximum atomic E-state index is 3.79. The monoisotopic (exact) mass is 252 g/mol. The van der Waals surface area contributed by atoms with Gasteiger partial charge in [-0.15, -0.1) is 0 Å². The smallest absolute Gasteiger partial charge is 0.0104 e. The van der Waals surface area contributed by atoms with E-state index in [4.69, 9.17) is 0 Å². The Bertz CT molecular complexity index is 223. The number of nitrogens with zero attached hydrogens (tertiary/aromatic N) is 1. The molecular formula is C16H32N2. The minimum Gasteiger partial charge on any atom is -0.314 e. The standard InChI is InChI=1S/C16H32N2/c1-14(15-8-4-3-5-9-15)17-12-11-16-10-6-7-13-18(16)2/h14-17H,3-13H2,1-2H3. The summed E-state index contributed by atoms with van der Waals surface area (Å²) in [5, 5.41) is 3.79. The summed E-state index contributed by atoms with van der Waals surface area (Å²) in [6, 6.07) is 1.57. The van der Waals surface area contributed by atoms with Crippen LogP contribution in [0.2, 0.25) is 0 Å². The zero-order valence-electron chi connectivity index (χ0n) is 12.5. The minimum atomic E-state index is 0.735. The van der Waals surface area contributed by atoms with Gasteiger partial charge in [0, 0.05) is 12.1 Å². The number of nitrogens with one attached hydrogen (secondary N) is 1. The van der Waals surface area contributed by atoms with E-state index in [1.807, 2.05) is 0 Å². The van der Waals surface area contributed by atoms with Gasteiger partial charge in [0.05, 0.1) is 0 Å². The third-order valence-corrected chi connectivity index (χ3v) is 5.22. The number of rotatable bonds is 5. The van der Waals surface area contributed by atoms with Crippen LogP contribution in [0, 0.1) is 5.92 Å². The second kappa shape index (κ2) is 7.49. The molecule has 2 heteroatoms. The second-order valence-corrected chi connectivity index (χ2v) is 6.56. The van der Waals surface area contributed by atoms with Crippen molar-refractivity contribution >= 4 is 0 Å². The molecule has 18 heavy (non-hydrogen) atoms. The molecule has 0 bridgehead atoms. The predicted octanol–water partition coefficient (Wildman–Crippen LogP) is 3.42. The van der Waals surface area contributed by atoms with Crippen molar-refractivity contribution in [3.05, 3.63) is 0 Å². The van der Waals surface area contributed by atoms with Crippen LogP contribution in [0.5, 0.6) is 0 Å². The first-order valence-electron chi connectivity index (χ1n) is 8.21. The van der Waals surface area contributed by atoms with Crippen molar-refractivity contribution in [2.45, 2.75) is 76.8 Å². The fourth-order valence-corrected chi connectivity index (χ4v) is 3.79. The first kappa shape index (κ1) is 14.3. The third kappa shape index (κ3) is 4.24. The number of hydrogen-bond acceptors (Lipinski definition) is 2. The van der Waals surface area contributed by atoms with E-state index in [2.05, 4.69) is 24.2 Å². The lowest BCUT2D eigenvalue weighted by molar-refractivity contribution is 0.172. The molecule has 106 valence electrons. The Labute approximate surface area is 114 Å². The average molecular weight is 252 g/mol. The summed E-state index contributed by atoms with van der Waals surface area (Å²) >= 11 is 0. The summed E-state index contributed by atoms with van der Waals surface area (Å²) in [6.07, 6.45) is 12.9. The average Bonchev–Trinajstić information content (AvgIpc) is 2.42. The summed E-state index contributed by atoms with van der Waals surface area (Å²) in [7, 11) is 2.30. The molecule has 1 saturated carbocycles. The van der Waals surface area contributed by atoms with Crippen LogP contribution >= 0.6 is 0 Å². The van der Waals surface area contributed by atoms with E-state index in [9.17, 15) is 0 Å². The van der Waals surface area contributed by atoms with Crippen LogP contribution in [0.25, 0.3) is 0 Å². The molecule has 2 aliphatic rings. The molecule has 2 unspecified atom stereocenters. The quantitative estimate of drug-likeness (QED) is 0.806. The molecule has 1 heterocycles. The van der Waals surface area contributed by atoms with Gasteiger partial charge in [0.1, 0.15) is 0 Å². The van der Waals surface area contributed by atoms with Crippen LogP contribution in [-0.2, 0) is 0 Å². The van der Waals surface area contributed by atoms with E-state index in [1.54, 1.807) is 0 Å². The zero-order chi connectivity index (χ0) is 12.8. The van der Waals surface area contributed by atoms with E-state index in [0.717, 1.165) is 18.0 Å². The second-order valence-electron chi connectivity index (χ2n) is 6.56. The molecule has 2 fully saturated rings. The Kier molecular flexibility index (Phi) is 5.97. The maximum Gasteiger partial charge on any atom is 0.0104 e. The van der Waals surface area contributed by atoms with E-state index in [0.29, 0.717) is 0 Å². The summed E-state index contributed by atoms with van der Waals surface area (Å²) in [6.45, 7) is 4.93. The number of piperidine rings is 1. The van der Waals surface area contributed by atoms with Gasteiger partial charge in [-0.2, -0.15) is 0 Å². The van der Waals surface area contributed by atoms with Crippen molar-refractivity contribution in [1.82, 2.24) is 10.2 Å². The first-order chi connectivity index (χ1) is 8.77. The molecule has 0 amide bonds. The molecule has 0 spiro atoms. The van der Waals surface area contributed by atoms with E-state index >= 15 is 0 Å². The van der Waals surface area contributed by atoms with E-state index < -0.39 is 0 Å². The van der Waals surface area contributed by atoms with Crippen molar-refractivity contribution in [3.8, 4) is 0 Å². The van der Waals surface area contributed by atoms with Gasteiger partial charge in [0.15, 0.2) is 0 Å². The Hall–Kier alpha value is -0.0800. The fraction of sp³-hybridized carbons (Fsp3) is 1.00. The molecule has 0 aromatic carbocycles. The number of likely N-dealkylation sites (tertiary alicyclic amines) is 1. The molecule has 0 radical (unpaired) electrons. The zero-order valence-corrected chi connectivity index (χ0v) is 12.5. The Balaban J connectivity index is 1.61. The highest BCUT2D eigenvalue weighted by Crippen LogP contribution is 2.26. The Morgan fingerprint density at radius 2 is 1.78 bits per heavy atom. The maximum absolute atomic E-state index is 3.79. The van der Waals surface area contributed by atoms with Crippen molar-refractivity contribution < 1.29 is 0 Å². The summed E-state index contributed by atoms with van der Waals surface area (Å²) in [5.41, 5.74) is 0. The van der Waals surface area contributed by atoms with Gasteiger partial charge in [0.25, 0.3) is 0 Å². The van der Waals surface area contributed by atoms with Crippen molar-refractivity contribution in [3.63, 3.8) is 0 Å². The summed E-state index contributed by atoms with van der Waals surface area (Å²) < 4.78 is 0. The van der Waals surface area contributed by atoms with Gasteiger partial charge in [-0.05, 0) is 65.1 Å². The lowest BCUT2D eigenvalue weighted by Gasteiger charge is -2.33. The van der Waals surface area contributed by atoms with Crippen LogP contribution in [-0.4, -0.2) is 37.1 Å². The molecule has 1 saturated heterocycles. The Morgan fingerprint density at radius 1 is 1.06 bits per heavy atom. The van der Waals surface area contributed by atoms with Crippen LogP contribution < -0.4 is 5.32 Å². The van der Waals surface area contributed by atoms with Crippen LogP contribution in [0.15, 0.2) is 0 Å². The highest BCUT2D eigenvalue weighted by atomic mass is 15.1. The van der Waals surface area contributed by atoms with Crippen LogP contribution in [0.3, 0.4) is 0 Å². The molecule has 2 rings (SSSR count). The molecule has 1 aliphatic heterocycles. The highest BCUT2D eigenvalue weighted by molar-refractivity contribution is 4.78. The van der Waals surface area contributed by atoms with Crippen molar-refractivity contribution in [2.75, 3.05) is 20.1 Å². The van der Waals surface area contributed by atoms with Gasteiger partial charge in [0.2, 0.25) is 0 Å². The summed E-state index contributed by atoms with van der Waals surface area (Å²) in [4.78, 5) is 2.57. The largest absolute Gasteiger partial charge is 0.314 e. The lowest BCUT2D eigenvalue weighted by Crippen LogP contribution is -2.41. The van der Waals surface area contributed by atoms with Crippen molar-refractivity contribution in [2.24, 2.45) is 5.92 Å². The topological polar surface area (TPSA) is 15.3 Å². The lowest BCUT2D eigenvalue weighted by atomic mass is 9.84. The SMILES string of the molecule is CC(NCCC1CCCCN1C)C1CCCCC1. The normalized spacial score (nSPS) is 29.3.